The SMILES string of the molecule is Cc1cc(-c2cnn(C(O)CC(C)(CNC(=O)c3ccccc3O)S(C)(=O)=O)c2)ccc1O. The average Bonchev–Trinajstić information content (AvgIpc) is 3.24. The molecule has 176 valence electrons. The number of sulfone groups is 1. The number of rotatable bonds is 8. The van der Waals surface area contributed by atoms with E-state index in [9.17, 15) is 28.5 Å². The Labute approximate surface area is 192 Å². The van der Waals surface area contributed by atoms with Crippen molar-refractivity contribution >= 4 is 15.7 Å². The molecule has 0 spiro atoms. The molecule has 0 saturated carbocycles. The second-order valence-electron chi connectivity index (χ2n) is 8.32. The van der Waals surface area contributed by atoms with Gasteiger partial charge in [0.25, 0.3) is 5.91 Å². The number of hydrogen-bond donors (Lipinski definition) is 4. The molecule has 0 aliphatic carbocycles. The zero-order chi connectivity index (χ0) is 24.4. The van der Waals surface area contributed by atoms with E-state index in [0.717, 1.165) is 11.8 Å². The number of hydrogen-bond acceptors (Lipinski definition) is 7. The number of aryl methyl sites for hydroxylation is 1. The summed E-state index contributed by atoms with van der Waals surface area (Å²) in [5.74, 6) is -0.674. The quantitative estimate of drug-likeness (QED) is 0.393. The molecule has 2 aromatic carbocycles. The first kappa shape index (κ1) is 24.3. The Morgan fingerprint density at radius 1 is 1.15 bits per heavy atom. The standard InChI is InChI=1S/C23H27N3O6S/c1-15-10-16(8-9-19(15)27)17-12-25-26(13-17)21(29)11-23(2,33(3,31)32)14-24-22(30)18-6-4-5-7-20(18)28/h4-10,12-13,21,27-29H,11,14H2,1-3H3,(H,24,30). The van der Waals surface area contributed by atoms with Gasteiger partial charge in [0.15, 0.2) is 9.84 Å². The first-order chi connectivity index (χ1) is 15.4. The summed E-state index contributed by atoms with van der Waals surface area (Å²) >= 11 is 0. The van der Waals surface area contributed by atoms with Crippen LogP contribution in [0.1, 0.15) is 35.5 Å². The number of carbonyl (C=O) groups excluding carboxylic acids is 1. The van der Waals surface area contributed by atoms with Gasteiger partial charge in [-0.05, 0) is 49.2 Å². The number of amides is 1. The maximum atomic E-state index is 12.6. The lowest BCUT2D eigenvalue weighted by atomic mass is 10.0. The van der Waals surface area contributed by atoms with Gasteiger partial charge in [0.2, 0.25) is 0 Å². The number of para-hydroxylation sites is 1. The van der Waals surface area contributed by atoms with Crippen LogP contribution in [-0.2, 0) is 9.84 Å². The van der Waals surface area contributed by atoms with E-state index in [4.69, 9.17) is 0 Å². The zero-order valence-electron chi connectivity index (χ0n) is 18.6. The van der Waals surface area contributed by atoms with E-state index in [0.29, 0.717) is 11.1 Å². The summed E-state index contributed by atoms with van der Waals surface area (Å²) in [5.41, 5.74) is 2.18. The fraction of sp³-hybridized carbons (Fsp3) is 0.304. The molecule has 1 heterocycles. The third-order valence-corrected chi connectivity index (χ3v) is 7.82. The molecule has 0 radical (unpaired) electrons. The molecule has 1 aromatic heterocycles. The molecule has 4 N–H and O–H groups in total. The summed E-state index contributed by atoms with van der Waals surface area (Å²) in [4.78, 5) is 12.4. The molecule has 0 aliphatic rings. The van der Waals surface area contributed by atoms with Crippen molar-refractivity contribution in [3.63, 3.8) is 0 Å². The molecule has 3 aromatic rings. The Hall–Kier alpha value is -3.37. The second kappa shape index (κ2) is 9.24. The van der Waals surface area contributed by atoms with Crippen LogP contribution in [0.25, 0.3) is 11.1 Å². The molecule has 33 heavy (non-hydrogen) atoms. The maximum Gasteiger partial charge on any atom is 0.255 e. The summed E-state index contributed by atoms with van der Waals surface area (Å²) in [6, 6.07) is 11.0. The Morgan fingerprint density at radius 2 is 1.85 bits per heavy atom. The molecular weight excluding hydrogens is 446 g/mol. The first-order valence-electron chi connectivity index (χ1n) is 10.2. The van der Waals surface area contributed by atoms with E-state index in [-0.39, 0.29) is 30.0 Å². The molecule has 0 aliphatic heterocycles. The largest absolute Gasteiger partial charge is 0.508 e. The monoisotopic (exact) mass is 473 g/mol. The van der Waals surface area contributed by atoms with Crippen molar-refractivity contribution in [2.24, 2.45) is 0 Å². The number of phenolic OH excluding ortho intramolecular Hbond substituents is 2. The fourth-order valence-electron chi connectivity index (χ4n) is 3.35. The van der Waals surface area contributed by atoms with Crippen molar-refractivity contribution in [2.75, 3.05) is 12.8 Å². The summed E-state index contributed by atoms with van der Waals surface area (Å²) in [6.45, 7) is 2.92. The van der Waals surface area contributed by atoms with Crippen LogP contribution in [0.3, 0.4) is 0 Å². The van der Waals surface area contributed by atoms with Crippen LogP contribution >= 0.6 is 0 Å². The van der Waals surface area contributed by atoms with E-state index < -0.39 is 26.7 Å². The molecule has 10 heteroatoms. The van der Waals surface area contributed by atoms with Gasteiger partial charge in [-0.25, -0.2) is 13.1 Å². The topological polar surface area (TPSA) is 142 Å². The molecule has 2 unspecified atom stereocenters. The van der Waals surface area contributed by atoms with Crippen LogP contribution in [0.2, 0.25) is 0 Å². The molecule has 3 rings (SSSR count). The summed E-state index contributed by atoms with van der Waals surface area (Å²) in [6.07, 6.45) is 2.65. The van der Waals surface area contributed by atoms with E-state index >= 15 is 0 Å². The summed E-state index contributed by atoms with van der Waals surface area (Å²) < 4.78 is 24.9. The predicted octanol–water partition coefficient (Wildman–Crippen LogP) is 2.38. The van der Waals surface area contributed by atoms with Crippen molar-refractivity contribution in [2.45, 2.75) is 31.2 Å². The maximum absolute atomic E-state index is 12.6. The Bertz CT molecular complexity index is 1270. The number of benzene rings is 2. The van der Waals surface area contributed by atoms with E-state index in [2.05, 4.69) is 10.4 Å². The van der Waals surface area contributed by atoms with Crippen LogP contribution in [0.5, 0.6) is 11.5 Å². The Morgan fingerprint density at radius 3 is 2.48 bits per heavy atom. The van der Waals surface area contributed by atoms with E-state index in [1.165, 1.54) is 29.9 Å². The third kappa shape index (κ3) is 5.35. The number of nitrogens with one attached hydrogen (secondary N) is 1. The van der Waals surface area contributed by atoms with E-state index in [1.807, 2.05) is 0 Å². The first-order valence-corrected chi connectivity index (χ1v) is 12.1. The molecule has 0 saturated heterocycles. The second-order valence-corrected chi connectivity index (χ2v) is 10.8. The van der Waals surface area contributed by atoms with E-state index in [1.54, 1.807) is 43.5 Å². The van der Waals surface area contributed by atoms with Crippen molar-refractivity contribution in [3.8, 4) is 22.6 Å². The molecule has 0 fully saturated rings. The van der Waals surface area contributed by atoms with Gasteiger partial charge in [0.1, 0.15) is 17.7 Å². The number of carbonyl (C=O) groups is 1. The fourth-order valence-corrected chi connectivity index (χ4v) is 4.13. The lowest BCUT2D eigenvalue weighted by Gasteiger charge is -2.30. The number of aromatic hydroxyl groups is 2. The lowest BCUT2D eigenvalue weighted by molar-refractivity contribution is 0.0689. The van der Waals surface area contributed by atoms with Crippen LogP contribution in [0.15, 0.2) is 54.9 Å². The van der Waals surface area contributed by atoms with Gasteiger partial charge in [-0.15, -0.1) is 0 Å². The highest BCUT2D eigenvalue weighted by molar-refractivity contribution is 7.92. The molecular formula is C23H27N3O6S. The number of aliphatic hydroxyl groups excluding tert-OH is 1. The molecule has 0 bridgehead atoms. The van der Waals surface area contributed by atoms with Crippen LogP contribution < -0.4 is 5.32 Å². The van der Waals surface area contributed by atoms with Gasteiger partial charge in [-0.1, -0.05) is 18.2 Å². The van der Waals surface area contributed by atoms with Gasteiger partial charge >= 0.3 is 0 Å². The minimum atomic E-state index is -3.72. The van der Waals surface area contributed by atoms with Gasteiger partial charge < -0.3 is 20.6 Å². The summed E-state index contributed by atoms with van der Waals surface area (Å²) in [7, 11) is -3.72. The summed E-state index contributed by atoms with van der Waals surface area (Å²) in [5, 5.41) is 37.0. The number of phenols is 2. The molecule has 9 nitrogen and oxygen atoms in total. The minimum Gasteiger partial charge on any atom is -0.508 e. The van der Waals surface area contributed by atoms with Gasteiger partial charge in [-0.3, -0.25) is 4.79 Å². The van der Waals surface area contributed by atoms with Crippen molar-refractivity contribution in [1.82, 2.24) is 15.1 Å². The third-order valence-electron chi connectivity index (χ3n) is 5.72. The highest BCUT2D eigenvalue weighted by Crippen LogP contribution is 2.29. The van der Waals surface area contributed by atoms with Gasteiger partial charge in [0, 0.05) is 31.0 Å². The van der Waals surface area contributed by atoms with Gasteiger partial charge in [0.05, 0.1) is 16.5 Å². The van der Waals surface area contributed by atoms with Crippen molar-refractivity contribution in [3.05, 3.63) is 66.0 Å². The van der Waals surface area contributed by atoms with Crippen LogP contribution in [0.4, 0.5) is 0 Å². The van der Waals surface area contributed by atoms with Crippen LogP contribution in [0, 0.1) is 6.92 Å². The predicted molar refractivity (Wildman–Crippen MR) is 124 cm³/mol. The Kier molecular flexibility index (Phi) is 6.80. The zero-order valence-corrected chi connectivity index (χ0v) is 19.4. The Balaban J connectivity index is 1.77. The van der Waals surface area contributed by atoms with Crippen molar-refractivity contribution < 1.29 is 28.5 Å². The van der Waals surface area contributed by atoms with Gasteiger partial charge in [-0.2, -0.15) is 5.10 Å². The highest BCUT2D eigenvalue weighted by Gasteiger charge is 2.39. The highest BCUT2D eigenvalue weighted by atomic mass is 32.2. The molecule has 2 atom stereocenters. The normalized spacial score (nSPS) is 14.4. The smallest absolute Gasteiger partial charge is 0.255 e. The number of aromatic nitrogens is 2. The minimum absolute atomic E-state index is 0.0230. The number of aliphatic hydroxyl groups is 1. The van der Waals surface area contributed by atoms with Crippen molar-refractivity contribution in [1.29, 1.82) is 0 Å². The number of nitrogens with zero attached hydrogens (tertiary/aromatic N) is 2. The average molecular weight is 474 g/mol. The van der Waals surface area contributed by atoms with Crippen LogP contribution in [-0.4, -0.2) is 57.0 Å². The lowest BCUT2D eigenvalue weighted by Crippen LogP contribution is -2.47. The molecule has 1 amide bonds.